The number of nitrogens with one attached hydrogen (secondary N) is 1. The average molecular weight is 166 g/mol. The van der Waals surface area contributed by atoms with Crippen molar-refractivity contribution in [2.45, 2.75) is 6.17 Å². The summed E-state index contributed by atoms with van der Waals surface area (Å²) in [6, 6.07) is 0.183. The number of amidine groups is 1. The molecule has 0 aromatic heterocycles. The van der Waals surface area contributed by atoms with Crippen LogP contribution in [0.5, 0.6) is 0 Å². The summed E-state index contributed by atoms with van der Waals surface area (Å²) in [4.78, 5) is 15.1. The number of rotatable bonds is 0. The van der Waals surface area contributed by atoms with Gasteiger partial charge in [-0.05, 0) is 0 Å². The van der Waals surface area contributed by atoms with Crippen LogP contribution in [-0.2, 0) is 9.53 Å². The fourth-order valence-electron chi connectivity index (χ4n) is 0.975. The van der Waals surface area contributed by atoms with E-state index >= 15 is 0 Å². The maximum Gasteiger partial charge on any atom is 0.293 e. The number of carbonyl (C=O) groups is 1. The van der Waals surface area contributed by atoms with Crippen molar-refractivity contribution >= 4 is 11.9 Å². The minimum Gasteiger partial charge on any atom is -0.468 e. The first-order chi connectivity index (χ1) is 5.81. The van der Waals surface area contributed by atoms with E-state index < -0.39 is 6.17 Å². The molecule has 2 aliphatic heterocycles. The number of azo groups is 1. The van der Waals surface area contributed by atoms with E-state index in [0.717, 1.165) is 0 Å². The van der Waals surface area contributed by atoms with E-state index in [1.54, 1.807) is 0 Å². The molecule has 2 rings (SSSR count). The Balaban J connectivity index is 2.34. The molecule has 6 nitrogen and oxygen atoms in total. The molecule has 0 fully saturated rings. The number of hydrogen-bond donors (Lipinski definition) is 1. The summed E-state index contributed by atoms with van der Waals surface area (Å²) >= 11 is 0. The van der Waals surface area contributed by atoms with Crippen LogP contribution in [0.2, 0.25) is 0 Å². The third kappa shape index (κ3) is 0.884. The molecule has 1 amide bonds. The molecule has 1 atom stereocenters. The summed E-state index contributed by atoms with van der Waals surface area (Å²) in [5.74, 6) is -0.253. The summed E-state index contributed by atoms with van der Waals surface area (Å²) in [5, 5.41) is 9.73. The summed E-state index contributed by atoms with van der Waals surface area (Å²) in [6.07, 6.45) is 0.893. The molecular formula is C6H6N4O2. The Labute approximate surface area is 68.0 Å². The standard InChI is InChI=1S/C6H6N4O2/c1-12-6-8-4-3(2-7-10-4)5(11)9-6/h2,4H,1H3,(H,8,9,11). The van der Waals surface area contributed by atoms with Gasteiger partial charge in [0.15, 0.2) is 6.17 Å². The van der Waals surface area contributed by atoms with Gasteiger partial charge in [-0.15, -0.1) is 0 Å². The quantitative estimate of drug-likeness (QED) is 0.540. The Morgan fingerprint density at radius 1 is 1.67 bits per heavy atom. The normalized spacial score (nSPS) is 25.8. The van der Waals surface area contributed by atoms with Crippen molar-refractivity contribution in [3.63, 3.8) is 0 Å². The Hall–Kier alpha value is -1.72. The molecule has 0 aliphatic carbocycles. The average Bonchev–Trinajstić information content (AvgIpc) is 2.52. The monoisotopic (exact) mass is 166 g/mol. The second-order valence-electron chi connectivity index (χ2n) is 2.28. The number of methoxy groups -OCH3 is 1. The molecule has 0 spiro atoms. The molecule has 1 unspecified atom stereocenters. The highest BCUT2D eigenvalue weighted by atomic mass is 16.5. The Kier molecular flexibility index (Phi) is 1.39. The lowest BCUT2D eigenvalue weighted by atomic mass is 10.2. The minimum absolute atomic E-state index is 0.183. The van der Waals surface area contributed by atoms with Gasteiger partial charge < -0.3 is 4.74 Å². The van der Waals surface area contributed by atoms with E-state index in [-0.39, 0.29) is 11.9 Å². The number of nitrogens with zero attached hydrogens (tertiary/aromatic N) is 3. The van der Waals surface area contributed by atoms with Crippen LogP contribution in [0, 0.1) is 0 Å². The fourth-order valence-corrected chi connectivity index (χ4v) is 0.975. The largest absolute Gasteiger partial charge is 0.468 e. The molecule has 6 heteroatoms. The van der Waals surface area contributed by atoms with Crippen molar-refractivity contribution in [1.82, 2.24) is 5.32 Å². The molecule has 1 N–H and O–H groups in total. The summed E-state index contributed by atoms with van der Waals surface area (Å²) in [5.41, 5.74) is 0.454. The van der Waals surface area contributed by atoms with Crippen molar-refractivity contribution in [3.8, 4) is 0 Å². The lowest BCUT2D eigenvalue weighted by Gasteiger charge is -2.15. The van der Waals surface area contributed by atoms with Crippen LogP contribution in [0.15, 0.2) is 27.0 Å². The van der Waals surface area contributed by atoms with E-state index in [0.29, 0.717) is 5.57 Å². The van der Waals surface area contributed by atoms with Crippen molar-refractivity contribution in [2.75, 3.05) is 7.11 Å². The third-order valence-electron chi connectivity index (χ3n) is 1.57. The summed E-state index contributed by atoms with van der Waals surface area (Å²) in [7, 11) is 1.43. The van der Waals surface area contributed by atoms with Gasteiger partial charge in [-0.2, -0.15) is 10.2 Å². The minimum atomic E-state index is -0.506. The lowest BCUT2D eigenvalue weighted by Crippen LogP contribution is -2.40. The van der Waals surface area contributed by atoms with Crippen molar-refractivity contribution in [1.29, 1.82) is 0 Å². The highest BCUT2D eigenvalue weighted by Crippen LogP contribution is 2.18. The number of fused-ring (bicyclic) bond motifs is 1. The van der Waals surface area contributed by atoms with E-state index in [9.17, 15) is 4.79 Å². The molecule has 62 valence electrons. The molecule has 0 saturated carbocycles. The van der Waals surface area contributed by atoms with Crippen molar-refractivity contribution in [3.05, 3.63) is 11.8 Å². The molecule has 0 aromatic carbocycles. The zero-order chi connectivity index (χ0) is 8.55. The summed E-state index contributed by atoms with van der Waals surface area (Å²) < 4.78 is 4.76. The van der Waals surface area contributed by atoms with Gasteiger partial charge in [-0.25, -0.2) is 4.99 Å². The molecule has 0 aromatic rings. The number of carbonyl (C=O) groups excluding carboxylic acids is 1. The highest BCUT2D eigenvalue weighted by molar-refractivity contribution is 6.06. The molecule has 0 bridgehead atoms. The van der Waals surface area contributed by atoms with Crippen LogP contribution < -0.4 is 5.32 Å². The fraction of sp³-hybridized carbons (Fsp3) is 0.333. The number of ether oxygens (including phenoxy) is 1. The van der Waals surface area contributed by atoms with Crippen molar-refractivity contribution in [2.24, 2.45) is 15.2 Å². The van der Waals surface area contributed by atoms with Crippen molar-refractivity contribution < 1.29 is 9.53 Å². The molecule has 0 saturated heterocycles. The smallest absolute Gasteiger partial charge is 0.293 e. The maximum absolute atomic E-state index is 11.2. The van der Waals surface area contributed by atoms with Crippen LogP contribution >= 0.6 is 0 Å². The van der Waals surface area contributed by atoms with Gasteiger partial charge in [0.05, 0.1) is 18.9 Å². The predicted octanol–water partition coefficient (Wildman–Crippen LogP) is -0.206. The molecule has 2 aliphatic rings. The first kappa shape index (κ1) is 6.96. The van der Waals surface area contributed by atoms with Crippen LogP contribution in [0.4, 0.5) is 0 Å². The SMILES string of the molecule is COC1=NC2N=NC=C2C(=O)N1. The van der Waals surface area contributed by atoms with Gasteiger partial charge in [-0.1, -0.05) is 0 Å². The van der Waals surface area contributed by atoms with E-state index in [1.807, 2.05) is 0 Å². The maximum atomic E-state index is 11.2. The second-order valence-corrected chi connectivity index (χ2v) is 2.28. The van der Waals surface area contributed by atoms with Gasteiger partial charge >= 0.3 is 0 Å². The topological polar surface area (TPSA) is 75.4 Å². The zero-order valence-corrected chi connectivity index (χ0v) is 6.31. The van der Waals surface area contributed by atoms with Gasteiger partial charge in [0, 0.05) is 0 Å². The first-order valence-corrected chi connectivity index (χ1v) is 3.34. The van der Waals surface area contributed by atoms with Gasteiger partial charge in [0.1, 0.15) is 0 Å². The van der Waals surface area contributed by atoms with E-state index in [2.05, 4.69) is 20.5 Å². The Morgan fingerprint density at radius 3 is 3.25 bits per heavy atom. The molecule has 0 radical (unpaired) electrons. The number of hydrogen-bond acceptors (Lipinski definition) is 5. The highest BCUT2D eigenvalue weighted by Gasteiger charge is 2.29. The third-order valence-corrected chi connectivity index (χ3v) is 1.57. The van der Waals surface area contributed by atoms with E-state index in [4.69, 9.17) is 4.74 Å². The predicted molar refractivity (Wildman–Crippen MR) is 39.3 cm³/mol. The van der Waals surface area contributed by atoms with Gasteiger partial charge in [-0.3, -0.25) is 10.1 Å². The van der Waals surface area contributed by atoms with Crippen LogP contribution in [-0.4, -0.2) is 25.2 Å². The van der Waals surface area contributed by atoms with Gasteiger partial charge in [0.25, 0.3) is 11.9 Å². The molecular weight excluding hydrogens is 160 g/mol. The lowest BCUT2D eigenvalue weighted by molar-refractivity contribution is -0.116. The van der Waals surface area contributed by atoms with Crippen LogP contribution in [0.3, 0.4) is 0 Å². The van der Waals surface area contributed by atoms with Crippen LogP contribution in [0.25, 0.3) is 0 Å². The number of aliphatic imine (C=N–C) groups is 1. The zero-order valence-electron chi connectivity index (χ0n) is 6.31. The second kappa shape index (κ2) is 2.40. The first-order valence-electron chi connectivity index (χ1n) is 3.34. The van der Waals surface area contributed by atoms with E-state index in [1.165, 1.54) is 13.3 Å². The molecule has 12 heavy (non-hydrogen) atoms. The van der Waals surface area contributed by atoms with Gasteiger partial charge in [0.2, 0.25) is 0 Å². The van der Waals surface area contributed by atoms with Crippen LogP contribution in [0.1, 0.15) is 0 Å². The molecule has 2 heterocycles. The Bertz CT molecular complexity index is 318. The summed E-state index contributed by atoms with van der Waals surface area (Å²) in [6.45, 7) is 0. The number of amides is 1. The Morgan fingerprint density at radius 2 is 2.50 bits per heavy atom.